The normalized spacial score (nSPS) is 15.5. The summed E-state index contributed by atoms with van der Waals surface area (Å²) in [6.45, 7) is 3.26. The van der Waals surface area contributed by atoms with Crippen molar-refractivity contribution in [2.24, 2.45) is 0 Å². The molecule has 0 fully saturated rings. The molecule has 0 unspecified atom stereocenters. The molecule has 2 rings (SSSR count). The van der Waals surface area contributed by atoms with Crippen LogP contribution in [0.1, 0.15) is 34.5 Å². The summed E-state index contributed by atoms with van der Waals surface area (Å²) in [4.78, 5) is 3.76. The van der Waals surface area contributed by atoms with Gasteiger partial charge in [0.05, 0.1) is 0 Å². The summed E-state index contributed by atoms with van der Waals surface area (Å²) < 4.78 is 37.9. The quantitative estimate of drug-likeness (QED) is 0.647. The lowest BCUT2D eigenvalue weighted by Gasteiger charge is -2.14. The zero-order chi connectivity index (χ0) is 11.2. The first-order valence-electron chi connectivity index (χ1n) is 4.97. The van der Waals surface area contributed by atoms with Crippen LogP contribution < -0.4 is 0 Å². The average molecular weight is 215 g/mol. The lowest BCUT2D eigenvalue weighted by molar-refractivity contribution is -0.141. The molecule has 0 saturated heterocycles. The van der Waals surface area contributed by atoms with Crippen LogP contribution in [0.5, 0.6) is 0 Å². The highest BCUT2D eigenvalue weighted by molar-refractivity contribution is 5.42. The van der Waals surface area contributed by atoms with Gasteiger partial charge in [0.2, 0.25) is 0 Å². The first-order valence-corrected chi connectivity index (χ1v) is 4.97. The minimum absolute atomic E-state index is 0.281. The number of aromatic nitrogens is 1. The second-order valence-electron chi connectivity index (χ2n) is 3.99. The van der Waals surface area contributed by atoms with Crippen LogP contribution in [0.25, 0.3) is 0 Å². The molecule has 1 heterocycles. The highest BCUT2D eigenvalue weighted by atomic mass is 19.4. The summed E-state index contributed by atoms with van der Waals surface area (Å²) in [5, 5.41) is 0. The summed E-state index contributed by atoms with van der Waals surface area (Å²) in [6.07, 6.45) is -1.86. The van der Waals surface area contributed by atoms with Crippen LogP contribution in [-0.2, 0) is 19.0 Å². The summed E-state index contributed by atoms with van der Waals surface area (Å²) in [5.41, 5.74) is 2.01. The van der Waals surface area contributed by atoms with E-state index in [9.17, 15) is 13.2 Å². The fraction of sp³-hybridized carbons (Fsp3) is 0.545. The Labute approximate surface area is 86.3 Å². The van der Waals surface area contributed by atoms with Crippen molar-refractivity contribution in [2.45, 2.75) is 39.3 Å². The topological polar surface area (TPSA) is 12.9 Å². The van der Waals surface area contributed by atoms with Gasteiger partial charge in [-0.25, -0.2) is 4.98 Å². The van der Waals surface area contributed by atoms with Crippen LogP contribution in [-0.4, -0.2) is 4.98 Å². The van der Waals surface area contributed by atoms with Gasteiger partial charge in [0.1, 0.15) is 5.69 Å². The van der Waals surface area contributed by atoms with E-state index in [4.69, 9.17) is 0 Å². The van der Waals surface area contributed by atoms with Crippen LogP contribution in [0, 0.1) is 13.8 Å². The molecule has 0 saturated carbocycles. The van der Waals surface area contributed by atoms with Crippen LogP contribution in [0.4, 0.5) is 13.2 Å². The molecule has 0 radical (unpaired) electrons. The average Bonchev–Trinajstić information content (AvgIpc) is 2.57. The Balaban J connectivity index is 2.64. The zero-order valence-corrected chi connectivity index (χ0v) is 8.70. The molecule has 1 aliphatic carbocycles. The number of hydrogen-bond donors (Lipinski definition) is 0. The maximum absolute atomic E-state index is 12.6. The number of pyridine rings is 1. The molecule has 0 aliphatic heterocycles. The lowest BCUT2D eigenvalue weighted by atomic mass is 10.0. The van der Waals surface area contributed by atoms with E-state index in [-0.39, 0.29) is 5.56 Å². The number of nitrogens with zero attached hydrogens (tertiary/aromatic N) is 1. The Morgan fingerprint density at radius 1 is 1.07 bits per heavy atom. The Morgan fingerprint density at radius 2 is 1.73 bits per heavy atom. The van der Waals surface area contributed by atoms with Crippen LogP contribution in [0.3, 0.4) is 0 Å². The van der Waals surface area contributed by atoms with Crippen molar-refractivity contribution >= 4 is 0 Å². The van der Waals surface area contributed by atoms with Gasteiger partial charge in [0.15, 0.2) is 0 Å². The molecule has 0 atom stereocenters. The molecule has 4 heteroatoms. The molecule has 0 bridgehead atoms. The van der Waals surface area contributed by atoms with Crippen molar-refractivity contribution < 1.29 is 13.2 Å². The molecular formula is C11H12F3N. The van der Waals surface area contributed by atoms with Crippen molar-refractivity contribution in [1.29, 1.82) is 0 Å². The van der Waals surface area contributed by atoms with Crippen molar-refractivity contribution in [3.8, 4) is 0 Å². The van der Waals surface area contributed by atoms with Crippen molar-refractivity contribution in [3.63, 3.8) is 0 Å². The zero-order valence-electron chi connectivity index (χ0n) is 8.70. The highest BCUT2D eigenvalue weighted by Crippen LogP contribution is 2.35. The van der Waals surface area contributed by atoms with Gasteiger partial charge >= 0.3 is 6.18 Å². The maximum atomic E-state index is 12.6. The number of halogens is 3. The highest BCUT2D eigenvalue weighted by Gasteiger charge is 2.36. The first-order chi connectivity index (χ1) is 6.91. The van der Waals surface area contributed by atoms with Gasteiger partial charge in [0, 0.05) is 5.69 Å². The number of hydrogen-bond acceptors (Lipinski definition) is 1. The number of fused-ring (bicyclic) bond motifs is 1. The second kappa shape index (κ2) is 3.22. The van der Waals surface area contributed by atoms with E-state index in [1.54, 1.807) is 6.92 Å². The van der Waals surface area contributed by atoms with Crippen molar-refractivity contribution in [3.05, 3.63) is 28.1 Å². The molecule has 1 aromatic rings. The summed E-state index contributed by atoms with van der Waals surface area (Å²) >= 11 is 0. The molecule has 15 heavy (non-hydrogen) atoms. The number of rotatable bonds is 0. The Kier molecular flexibility index (Phi) is 2.24. The maximum Gasteiger partial charge on any atom is 0.433 e. The Hall–Kier alpha value is -1.06. The van der Waals surface area contributed by atoms with Gasteiger partial charge in [-0.05, 0) is 49.8 Å². The SMILES string of the molecule is Cc1c(C(F)(F)F)nc2c(c1C)CCC2. The van der Waals surface area contributed by atoms with Gasteiger partial charge < -0.3 is 0 Å². The van der Waals surface area contributed by atoms with E-state index in [2.05, 4.69) is 4.98 Å². The van der Waals surface area contributed by atoms with Gasteiger partial charge in [-0.2, -0.15) is 13.2 Å². The van der Waals surface area contributed by atoms with E-state index >= 15 is 0 Å². The fourth-order valence-corrected chi connectivity index (χ4v) is 2.15. The summed E-state index contributed by atoms with van der Waals surface area (Å²) in [6, 6.07) is 0. The van der Waals surface area contributed by atoms with Gasteiger partial charge in [-0.3, -0.25) is 0 Å². The van der Waals surface area contributed by atoms with E-state index < -0.39 is 11.9 Å². The molecule has 1 aromatic heterocycles. The summed E-state index contributed by atoms with van der Waals surface area (Å²) in [5.74, 6) is 0. The fourth-order valence-electron chi connectivity index (χ4n) is 2.15. The third-order valence-corrected chi connectivity index (χ3v) is 3.07. The number of aryl methyl sites for hydroxylation is 1. The van der Waals surface area contributed by atoms with E-state index in [1.165, 1.54) is 6.92 Å². The standard InChI is InChI=1S/C11H12F3N/c1-6-7(2)10(11(12,13)14)15-9-5-3-4-8(6)9/h3-5H2,1-2H3. The second-order valence-corrected chi connectivity index (χ2v) is 3.99. The monoisotopic (exact) mass is 215 g/mol. The third-order valence-electron chi connectivity index (χ3n) is 3.07. The smallest absolute Gasteiger partial charge is 0.248 e. The van der Waals surface area contributed by atoms with Gasteiger partial charge in [-0.15, -0.1) is 0 Å². The molecule has 1 aliphatic rings. The van der Waals surface area contributed by atoms with Crippen LogP contribution >= 0.6 is 0 Å². The van der Waals surface area contributed by atoms with Crippen molar-refractivity contribution in [2.75, 3.05) is 0 Å². The molecule has 82 valence electrons. The third kappa shape index (κ3) is 1.62. The Morgan fingerprint density at radius 3 is 2.33 bits per heavy atom. The van der Waals surface area contributed by atoms with Crippen molar-refractivity contribution in [1.82, 2.24) is 4.98 Å². The molecule has 1 nitrogen and oxygen atoms in total. The van der Waals surface area contributed by atoms with E-state index in [0.717, 1.165) is 24.0 Å². The van der Waals surface area contributed by atoms with E-state index in [0.29, 0.717) is 12.1 Å². The first kappa shape index (κ1) is 10.5. The minimum atomic E-state index is -4.33. The Bertz CT molecular complexity index is 407. The minimum Gasteiger partial charge on any atom is -0.248 e. The van der Waals surface area contributed by atoms with Crippen LogP contribution in [0.15, 0.2) is 0 Å². The van der Waals surface area contributed by atoms with Gasteiger partial charge in [0.25, 0.3) is 0 Å². The predicted octanol–water partition coefficient (Wildman–Crippen LogP) is 3.21. The molecule has 0 N–H and O–H groups in total. The summed E-state index contributed by atoms with van der Waals surface area (Å²) in [7, 11) is 0. The largest absolute Gasteiger partial charge is 0.433 e. The molecule has 0 spiro atoms. The predicted molar refractivity (Wildman–Crippen MR) is 50.7 cm³/mol. The molecule has 0 aromatic carbocycles. The van der Waals surface area contributed by atoms with Gasteiger partial charge in [-0.1, -0.05) is 0 Å². The lowest BCUT2D eigenvalue weighted by Crippen LogP contribution is -2.14. The van der Waals surface area contributed by atoms with Crippen LogP contribution in [0.2, 0.25) is 0 Å². The van der Waals surface area contributed by atoms with E-state index in [1.807, 2.05) is 0 Å². The number of alkyl halides is 3. The molecular weight excluding hydrogens is 203 g/mol. The molecule has 0 amide bonds.